The number of rotatable bonds is 6. The first kappa shape index (κ1) is 16.9. The van der Waals surface area contributed by atoms with Crippen molar-refractivity contribution in [1.29, 1.82) is 0 Å². The van der Waals surface area contributed by atoms with E-state index in [0.29, 0.717) is 6.61 Å². The molecule has 0 aromatic rings. The minimum atomic E-state index is -4.02. The summed E-state index contributed by atoms with van der Waals surface area (Å²) in [6.07, 6.45) is 2.04. The van der Waals surface area contributed by atoms with Crippen LogP contribution in [0.5, 0.6) is 0 Å². The van der Waals surface area contributed by atoms with Crippen molar-refractivity contribution < 1.29 is 17.7 Å². The molecular formula is C7H16KO4S. The van der Waals surface area contributed by atoms with E-state index in [-0.39, 0.29) is 57.8 Å². The molecule has 6 heteroatoms. The second-order valence-corrected chi connectivity index (χ2v) is 4.13. The van der Waals surface area contributed by atoms with Crippen molar-refractivity contribution in [3.05, 3.63) is 0 Å². The van der Waals surface area contributed by atoms with Crippen LogP contribution in [-0.4, -0.2) is 76.4 Å². The molecular weight excluding hydrogens is 219 g/mol. The van der Waals surface area contributed by atoms with Crippen LogP contribution < -0.4 is 0 Å². The summed E-state index contributed by atoms with van der Waals surface area (Å²) in [7, 11) is -4.02. The molecule has 0 aliphatic carbocycles. The summed E-state index contributed by atoms with van der Waals surface area (Å²) in [6, 6.07) is 0. The van der Waals surface area contributed by atoms with Gasteiger partial charge in [0.05, 0.1) is 0 Å². The first-order chi connectivity index (χ1) is 5.52. The minimum absolute atomic E-state index is 0. The maximum atomic E-state index is 10.6. The van der Waals surface area contributed by atoms with Gasteiger partial charge >= 0.3 is 0 Å². The van der Waals surface area contributed by atoms with E-state index in [0.717, 1.165) is 12.8 Å². The summed E-state index contributed by atoms with van der Waals surface area (Å²) in [4.78, 5) is 0. The Kier molecular flexibility index (Phi) is 11.4. The molecule has 0 saturated carbocycles. The zero-order valence-corrected chi connectivity index (χ0v) is 12.4. The van der Waals surface area contributed by atoms with Gasteiger partial charge in [-0.2, -0.15) is 8.42 Å². The second kappa shape index (κ2) is 8.79. The Morgan fingerprint density at radius 3 is 2.23 bits per heavy atom. The van der Waals surface area contributed by atoms with E-state index in [9.17, 15) is 8.42 Å². The van der Waals surface area contributed by atoms with Crippen molar-refractivity contribution in [3.8, 4) is 0 Å². The SMILES string of the molecule is CCCCOC(CC)S(=O)(=O)O.[K]. The van der Waals surface area contributed by atoms with E-state index in [1.165, 1.54) is 0 Å². The van der Waals surface area contributed by atoms with Crippen LogP contribution in [0.4, 0.5) is 0 Å². The Hall–Kier alpha value is 1.51. The predicted molar refractivity (Wildman–Crippen MR) is 52.2 cm³/mol. The molecule has 4 nitrogen and oxygen atoms in total. The molecule has 0 spiro atoms. The van der Waals surface area contributed by atoms with Gasteiger partial charge in [-0.3, -0.25) is 4.55 Å². The molecule has 1 N–H and O–H groups in total. The largest absolute Gasteiger partial charge is 0.360 e. The Morgan fingerprint density at radius 1 is 1.38 bits per heavy atom. The van der Waals surface area contributed by atoms with Crippen LogP contribution in [0.3, 0.4) is 0 Å². The number of unbranched alkanes of at least 4 members (excludes halogenated alkanes) is 1. The van der Waals surface area contributed by atoms with Crippen LogP contribution >= 0.6 is 0 Å². The molecule has 1 unspecified atom stereocenters. The fourth-order valence-electron chi connectivity index (χ4n) is 0.774. The van der Waals surface area contributed by atoms with Gasteiger partial charge in [-0.1, -0.05) is 20.3 Å². The topological polar surface area (TPSA) is 63.6 Å². The van der Waals surface area contributed by atoms with Crippen LogP contribution in [0.15, 0.2) is 0 Å². The van der Waals surface area contributed by atoms with Gasteiger partial charge in [0, 0.05) is 58.0 Å². The third-order valence-corrected chi connectivity index (χ3v) is 2.60. The first-order valence-electron chi connectivity index (χ1n) is 4.10. The van der Waals surface area contributed by atoms with Gasteiger partial charge in [0.1, 0.15) is 0 Å². The summed E-state index contributed by atoms with van der Waals surface area (Å²) < 4.78 is 34.8. The third-order valence-electron chi connectivity index (χ3n) is 1.47. The number of ether oxygens (including phenoxy) is 1. The van der Waals surface area contributed by atoms with E-state index in [4.69, 9.17) is 9.29 Å². The maximum absolute atomic E-state index is 10.6. The van der Waals surface area contributed by atoms with E-state index >= 15 is 0 Å². The van der Waals surface area contributed by atoms with Crippen LogP contribution in [0.1, 0.15) is 33.1 Å². The minimum Gasteiger partial charge on any atom is -0.360 e. The van der Waals surface area contributed by atoms with Crippen LogP contribution in [0.2, 0.25) is 0 Å². The molecule has 0 heterocycles. The summed E-state index contributed by atoms with van der Waals surface area (Å²) in [5.74, 6) is 0. The zero-order valence-electron chi connectivity index (χ0n) is 8.49. The van der Waals surface area contributed by atoms with E-state index in [2.05, 4.69) is 0 Å². The van der Waals surface area contributed by atoms with Crippen LogP contribution in [0, 0.1) is 0 Å². The maximum Gasteiger partial charge on any atom is 0.292 e. The molecule has 0 bridgehead atoms. The number of hydrogen-bond donors (Lipinski definition) is 1. The van der Waals surface area contributed by atoms with Crippen molar-refractivity contribution in [2.45, 2.75) is 38.5 Å². The molecule has 0 aromatic heterocycles. The van der Waals surface area contributed by atoms with Crippen molar-refractivity contribution in [2.24, 2.45) is 0 Å². The van der Waals surface area contributed by atoms with Crippen molar-refractivity contribution in [1.82, 2.24) is 0 Å². The normalized spacial score (nSPS) is 13.5. The molecule has 0 aliphatic rings. The molecule has 13 heavy (non-hydrogen) atoms. The molecule has 1 radical (unpaired) electrons. The summed E-state index contributed by atoms with van der Waals surface area (Å²) in [5, 5.41) is 0. The standard InChI is InChI=1S/C7H16O4S.K/c1-3-5-6-11-7(4-2)12(8,9)10;/h7H,3-6H2,1-2H3,(H,8,9,10);. The van der Waals surface area contributed by atoms with Gasteiger partial charge in [0.15, 0.2) is 5.44 Å². The van der Waals surface area contributed by atoms with Gasteiger partial charge in [0.25, 0.3) is 10.1 Å². The Bertz CT molecular complexity index is 203. The molecule has 0 fully saturated rings. The Balaban J connectivity index is 0. The molecule has 0 rings (SSSR count). The number of hydrogen-bond acceptors (Lipinski definition) is 3. The van der Waals surface area contributed by atoms with Crippen molar-refractivity contribution >= 4 is 61.5 Å². The molecule has 0 amide bonds. The average molecular weight is 235 g/mol. The quantitative estimate of drug-likeness (QED) is 0.424. The van der Waals surface area contributed by atoms with Gasteiger partial charge in [-0.05, 0) is 12.8 Å². The van der Waals surface area contributed by atoms with E-state index in [1.807, 2.05) is 6.92 Å². The van der Waals surface area contributed by atoms with Crippen molar-refractivity contribution in [3.63, 3.8) is 0 Å². The Labute approximate surface area is 123 Å². The van der Waals surface area contributed by atoms with Crippen LogP contribution in [0.25, 0.3) is 0 Å². The predicted octanol–water partition coefficient (Wildman–Crippen LogP) is 1.05. The summed E-state index contributed by atoms with van der Waals surface area (Å²) >= 11 is 0. The average Bonchev–Trinajstić information content (AvgIpc) is 1.95. The van der Waals surface area contributed by atoms with Crippen molar-refractivity contribution in [2.75, 3.05) is 6.61 Å². The fraction of sp³-hybridized carbons (Fsp3) is 1.00. The second-order valence-electron chi connectivity index (χ2n) is 2.58. The van der Waals surface area contributed by atoms with Gasteiger partial charge < -0.3 is 4.74 Å². The molecule has 0 aromatic carbocycles. The van der Waals surface area contributed by atoms with Crippen LogP contribution in [-0.2, 0) is 14.9 Å². The van der Waals surface area contributed by atoms with Gasteiger partial charge in [-0.25, -0.2) is 0 Å². The summed E-state index contributed by atoms with van der Waals surface area (Å²) in [5.41, 5.74) is -1.05. The first-order valence-corrected chi connectivity index (χ1v) is 5.60. The molecule has 0 saturated heterocycles. The van der Waals surface area contributed by atoms with E-state index < -0.39 is 15.6 Å². The fourth-order valence-corrected chi connectivity index (χ4v) is 1.46. The van der Waals surface area contributed by atoms with Gasteiger partial charge in [-0.15, -0.1) is 0 Å². The zero-order chi connectivity index (χ0) is 9.61. The van der Waals surface area contributed by atoms with E-state index in [1.54, 1.807) is 6.92 Å². The Morgan fingerprint density at radius 2 is 1.92 bits per heavy atom. The monoisotopic (exact) mass is 235 g/mol. The molecule has 75 valence electrons. The van der Waals surface area contributed by atoms with Gasteiger partial charge in [0.2, 0.25) is 0 Å². The third kappa shape index (κ3) is 8.50. The molecule has 0 aliphatic heterocycles. The molecule has 1 atom stereocenters. The summed E-state index contributed by atoms with van der Waals surface area (Å²) in [6.45, 7) is 4.02. The smallest absolute Gasteiger partial charge is 0.292 e.